The number of benzene rings is 2. The van der Waals surface area contributed by atoms with E-state index in [1.165, 1.54) is 16.0 Å². The standard InChI is InChI=1S/C16H18BrNS/c1-12-4-2-3-5-16(12)19-11-15(18)10-13-6-8-14(17)9-7-13/h2-9,15H,10-11,18H2,1H3. The summed E-state index contributed by atoms with van der Waals surface area (Å²) < 4.78 is 1.11. The molecule has 0 bridgehead atoms. The molecule has 100 valence electrons. The lowest BCUT2D eigenvalue weighted by atomic mass is 10.1. The molecule has 2 aromatic carbocycles. The molecule has 19 heavy (non-hydrogen) atoms. The molecule has 2 rings (SSSR count). The Morgan fingerprint density at radius 1 is 1.11 bits per heavy atom. The minimum Gasteiger partial charge on any atom is -0.327 e. The number of nitrogens with two attached hydrogens (primary N) is 1. The Balaban J connectivity index is 1.86. The fourth-order valence-corrected chi connectivity index (χ4v) is 3.14. The molecule has 0 aliphatic rings. The van der Waals surface area contributed by atoms with E-state index in [-0.39, 0.29) is 6.04 Å². The minimum atomic E-state index is 0.186. The monoisotopic (exact) mass is 335 g/mol. The van der Waals surface area contributed by atoms with Crippen LogP contribution in [0.5, 0.6) is 0 Å². The molecule has 0 amide bonds. The molecule has 0 radical (unpaired) electrons. The van der Waals surface area contributed by atoms with Crippen molar-refractivity contribution in [1.29, 1.82) is 0 Å². The van der Waals surface area contributed by atoms with Gasteiger partial charge in [0.15, 0.2) is 0 Å². The fraction of sp³-hybridized carbons (Fsp3) is 0.250. The van der Waals surface area contributed by atoms with Gasteiger partial charge >= 0.3 is 0 Å². The van der Waals surface area contributed by atoms with Gasteiger partial charge in [-0.25, -0.2) is 0 Å². The van der Waals surface area contributed by atoms with Crippen LogP contribution in [0.4, 0.5) is 0 Å². The van der Waals surface area contributed by atoms with E-state index in [1.54, 1.807) is 0 Å². The zero-order chi connectivity index (χ0) is 13.7. The third-order valence-electron chi connectivity index (χ3n) is 2.96. The molecule has 0 aliphatic carbocycles. The van der Waals surface area contributed by atoms with Gasteiger partial charge in [-0.1, -0.05) is 46.3 Å². The number of thioether (sulfide) groups is 1. The molecule has 3 heteroatoms. The van der Waals surface area contributed by atoms with E-state index < -0.39 is 0 Å². The Labute approximate surface area is 127 Å². The average Bonchev–Trinajstić information content (AvgIpc) is 2.40. The van der Waals surface area contributed by atoms with Gasteiger partial charge in [-0.15, -0.1) is 11.8 Å². The van der Waals surface area contributed by atoms with Crippen LogP contribution in [-0.4, -0.2) is 11.8 Å². The Kier molecular flexibility index (Phi) is 5.49. The Hall–Kier alpha value is -0.770. The van der Waals surface area contributed by atoms with Crippen molar-refractivity contribution in [2.45, 2.75) is 24.3 Å². The molecule has 0 heterocycles. The molecule has 0 fully saturated rings. The van der Waals surface area contributed by atoms with Gasteiger partial charge in [-0.05, 0) is 42.7 Å². The van der Waals surface area contributed by atoms with Crippen molar-refractivity contribution in [1.82, 2.24) is 0 Å². The lowest BCUT2D eigenvalue weighted by molar-refractivity contribution is 0.748. The van der Waals surface area contributed by atoms with E-state index in [4.69, 9.17) is 5.73 Å². The molecule has 0 aliphatic heterocycles. The first kappa shape index (κ1) is 14.6. The summed E-state index contributed by atoms with van der Waals surface area (Å²) in [6, 6.07) is 17.0. The Morgan fingerprint density at radius 3 is 2.47 bits per heavy atom. The summed E-state index contributed by atoms with van der Waals surface area (Å²) in [7, 11) is 0. The van der Waals surface area contributed by atoms with Gasteiger partial charge < -0.3 is 5.73 Å². The molecule has 1 unspecified atom stereocenters. The molecule has 2 aromatic rings. The molecule has 0 aromatic heterocycles. The second-order valence-corrected chi connectivity index (χ2v) is 6.64. The van der Waals surface area contributed by atoms with Crippen molar-refractivity contribution in [3.05, 3.63) is 64.1 Å². The number of halogens is 1. The summed E-state index contributed by atoms with van der Waals surface area (Å²) >= 11 is 5.29. The highest BCUT2D eigenvalue weighted by Gasteiger charge is 2.06. The third-order valence-corrected chi connectivity index (χ3v) is 4.85. The maximum atomic E-state index is 6.21. The molecule has 0 saturated heterocycles. The van der Waals surface area contributed by atoms with Crippen LogP contribution in [0.25, 0.3) is 0 Å². The van der Waals surface area contributed by atoms with E-state index in [2.05, 4.69) is 71.4 Å². The maximum Gasteiger partial charge on any atom is 0.0175 e. The van der Waals surface area contributed by atoms with E-state index in [1.807, 2.05) is 11.8 Å². The molecule has 2 N–H and O–H groups in total. The summed E-state index contributed by atoms with van der Waals surface area (Å²) in [5.74, 6) is 0.945. The van der Waals surface area contributed by atoms with Gasteiger partial charge in [0, 0.05) is 21.2 Å². The number of hydrogen-bond donors (Lipinski definition) is 1. The summed E-state index contributed by atoms with van der Waals surface area (Å²) in [5, 5.41) is 0. The number of rotatable bonds is 5. The van der Waals surface area contributed by atoms with Gasteiger partial charge in [0.1, 0.15) is 0 Å². The van der Waals surface area contributed by atoms with Gasteiger partial charge in [0.05, 0.1) is 0 Å². The molecule has 1 nitrogen and oxygen atoms in total. The van der Waals surface area contributed by atoms with Crippen LogP contribution in [-0.2, 0) is 6.42 Å². The third kappa shape index (κ3) is 4.68. The van der Waals surface area contributed by atoms with Gasteiger partial charge in [0.25, 0.3) is 0 Å². The van der Waals surface area contributed by atoms with Crippen LogP contribution >= 0.6 is 27.7 Å². The van der Waals surface area contributed by atoms with E-state index in [0.717, 1.165) is 16.6 Å². The maximum absolute atomic E-state index is 6.21. The molecular weight excluding hydrogens is 318 g/mol. The number of aryl methyl sites for hydroxylation is 1. The Bertz CT molecular complexity index is 525. The minimum absolute atomic E-state index is 0.186. The van der Waals surface area contributed by atoms with Gasteiger partial charge in [0.2, 0.25) is 0 Å². The first-order valence-electron chi connectivity index (χ1n) is 6.33. The van der Waals surface area contributed by atoms with Crippen molar-refractivity contribution in [2.75, 3.05) is 5.75 Å². The SMILES string of the molecule is Cc1ccccc1SCC(N)Cc1ccc(Br)cc1. The predicted octanol–water partition coefficient (Wildman–Crippen LogP) is 4.42. The fourth-order valence-electron chi connectivity index (χ4n) is 1.90. The first-order valence-corrected chi connectivity index (χ1v) is 8.11. The van der Waals surface area contributed by atoms with Gasteiger partial charge in [-0.3, -0.25) is 0 Å². The molecule has 0 saturated carbocycles. The highest BCUT2D eigenvalue weighted by atomic mass is 79.9. The van der Waals surface area contributed by atoms with Crippen LogP contribution in [0.15, 0.2) is 57.9 Å². The zero-order valence-corrected chi connectivity index (χ0v) is 13.4. The van der Waals surface area contributed by atoms with E-state index >= 15 is 0 Å². The van der Waals surface area contributed by atoms with Crippen molar-refractivity contribution >= 4 is 27.7 Å². The summed E-state index contributed by atoms with van der Waals surface area (Å²) in [6.45, 7) is 2.14. The summed E-state index contributed by atoms with van der Waals surface area (Å²) in [5.41, 5.74) is 8.82. The predicted molar refractivity (Wildman–Crippen MR) is 87.7 cm³/mol. The van der Waals surface area contributed by atoms with Crippen molar-refractivity contribution in [2.24, 2.45) is 5.73 Å². The van der Waals surface area contributed by atoms with Crippen LogP contribution < -0.4 is 5.73 Å². The largest absolute Gasteiger partial charge is 0.327 e. The highest BCUT2D eigenvalue weighted by molar-refractivity contribution is 9.10. The first-order chi connectivity index (χ1) is 9.15. The normalized spacial score (nSPS) is 12.4. The summed E-state index contributed by atoms with van der Waals surface area (Å²) in [6.07, 6.45) is 0.923. The lowest BCUT2D eigenvalue weighted by Crippen LogP contribution is -2.25. The van der Waals surface area contributed by atoms with Crippen LogP contribution in [0, 0.1) is 6.92 Å². The van der Waals surface area contributed by atoms with E-state index in [9.17, 15) is 0 Å². The smallest absolute Gasteiger partial charge is 0.0175 e. The van der Waals surface area contributed by atoms with Crippen LogP contribution in [0.2, 0.25) is 0 Å². The number of hydrogen-bond acceptors (Lipinski definition) is 2. The van der Waals surface area contributed by atoms with Crippen molar-refractivity contribution in [3.63, 3.8) is 0 Å². The zero-order valence-electron chi connectivity index (χ0n) is 11.0. The van der Waals surface area contributed by atoms with Gasteiger partial charge in [-0.2, -0.15) is 0 Å². The Morgan fingerprint density at radius 2 is 1.79 bits per heavy atom. The molecule has 0 spiro atoms. The quantitative estimate of drug-likeness (QED) is 0.818. The topological polar surface area (TPSA) is 26.0 Å². The molecular formula is C16H18BrNS. The molecule has 1 atom stereocenters. The van der Waals surface area contributed by atoms with Crippen LogP contribution in [0.3, 0.4) is 0 Å². The average molecular weight is 336 g/mol. The van der Waals surface area contributed by atoms with E-state index in [0.29, 0.717) is 0 Å². The van der Waals surface area contributed by atoms with Crippen molar-refractivity contribution < 1.29 is 0 Å². The van der Waals surface area contributed by atoms with Crippen molar-refractivity contribution in [3.8, 4) is 0 Å². The van der Waals surface area contributed by atoms with Crippen LogP contribution in [0.1, 0.15) is 11.1 Å². The second-order valence-electron chi connectivity index (χ2n) is 4.67. The summed E-state index contributed by atoms with van der Waals surface area (Å²) in [4.78, 5) is 1.33. The lowest BCUT2D eigenvalue weighted by Gasteiger charge is -2.12. The second kappa shape index (κ2) is 7.13. The highest BCUT2D eigenvalue weighted by Crippen LogP contribution is 2.23.